The summed E-state index contributed by atoms with van der Waals surface area (Å²) in [6.07, 6.45) is 2.26. The zero-order valence-corrected chi connectivity index (χ0v) is 11.5. The number of hydrogen-bond donors (Lipinski definition) is 2. The van der Waals surface area contributed by atoms with Crippen molar-refractivity contribution in [2.24, 2.45) is 5.92 Å². The van der Waals surface area contributed by atoms with Crippen LogP contribution in [0.3, 0.4) is 0 Å². The maximum Gasteiger partial charge on any atom is 0.234 e. The molecule has 4 heteroatoms. The second kappa shape index (κ2) is 7.67. The Hall–Kier alpha value is -0.610. The lowest BCUT2D eigenvalue weighted by Gasteiger charge is -2.28. The molecule has 0 saturated carbocycles. The van der Waals surface area contributed by atoms with Crippen molar-refractivity contribution in [3.63, 3.8) is 0 Å². The van der Waals surface area contributed by atoms with Crippen LogP contribution in [0.2, 0.25) is 0 Å². The first kappa shape index (κ1) is 14.5. The minimum Gasteiger partial charge on any atom is -0.352 e. The topological polar surface area (TPSA) is 44.4 Å². The van der Waals surface area contributed by atoms with Crippen molar-refractivity contribution < 1.29 is 4.79 Å². The Labute approximate surface area is 105 Å². The van der Waals surface area contributed by atoms with Gasteiger partial charge in [-0.05, 0) is 12.8 Å². The highest BCUT2D eigenvalue weighted by molar-refractivity contribution is 5.78. The van der Waals surface area contributed by atoms with Gasteiger partial charge in [-0.2, -0.15) is 0 Å². The van der Waals surface area contributed by atoms with E-state index >= 15 is 0 Å². The van der Waals surface area contributed by atoms with Gasteiger partial charge in [0.15, 0.2) is 0 Å². The maximum atomic E-state index is 11.9. The molecule has 0 spiro atoms. The van der Waals surface area contributed by atoms with Crippen LogP contribution in [0.5, 0.6) is 0 Å². The van der Waals surface area contributed by atoms with Crippen LogP contribution in [0.1, 0.15) is 33.6 Å². The highest BCUT2D eigenvalue weighted by Crippen LogP contribution is 2.12. The lowest BCUT2D eigenvalue weighted by molar-refractivity contribution is -0.123. The lowest BCUT2D eigenvalue weighted by atomic mass is 9.95. The number of rotatable bonds is 6. The minimum atomic E-state index is 0.173. The van der Waals surface area contributed by atoms with Gasteiger partial charge in [-0.1, -0.05) is 26.7 Å². The number of carbonyl (C=O) groups excluding carboxylic acids is 1. The number of nitrogens with one attached hydrogen (secondary N) is 2. The Morgan fingerprint density at radius 3 is 2.41 bits per heavy atom. The summed E-state index contributed by atoms with van der Waals surface area (Å²) >= 11 is 0. The van der Waals surface area contributed by atoms with E-state index in [2.05, 4.69) is 36.3 Å². The van der Waals surface area contributed by atoms with Crippen LogP contribution in [0, 0.1) is 5.92 Å². The number of piperazine rings is 1. The van der Waals surface area contributed by atoms with Crippen LogP contribution in [0.4, 0.5) is 0 Å². The molecule has 100 valence electrons. The molecule has 17 heavy (non-hydrogen) atoms. The predicted molar refractivity (Wildman–Crippen MR) is 71.0 cm³/mol. The summed E-state index contributed by atoms with van der Waals surface area (Å²) in [4.78, 5) is 14.1. The predicted octanol–water partition coefficient (Wildman–Crippen LogP) is 0.833. The molecule has 1 fully saturated rings. The summed E-state index contributed by atoms with van der Waals surface area (Å²) in [5.41, 5.74) is 0. The van der Waals surface area contributed by atoms with E-state index in [0.29, 0.717) is 18.5 Å². The monoisotopic (exact) mass is 241 g/mol. The van der Waals surface area contributed by atoms with Crippen molar-refractivity contribution in [2.75, 3.05) is 32.7 Å². The van der Waals surface area contributed by atoms with Gasteiger partial charge in [0.2, 0.25) is 5.91 Å². The summed E-state index contributed by atoms with van der Waals surface area (Å²) in [7, 11) is 0. The fourth-order valence-corrected chi connectivity index (χ4v) is 2.49. The molecule has 1 rings (SSSR count). The summed E-state index contributed by atoms with van der Waals surface area (Å²) < 4.78 is 0. The second-order valence-corrected chi connectivity index (χ2v) is 4.96. The fourth-order valence-electron chi connectivity index (χ4n) is 2.49. The quantitative estimate of drug-likeness (QED) is 0.724. The molecule has 1 aliphatic heterocycles. The van der Waals surface area contributed by atoms with Crippen molar-refractivity contribution in [3.05, 3.63) is 0 Å². The molecule has 0 aliphatic carbocycles. The molecule has 1 saturated heterocycles. The van der Waals surface area contributed by atoms with E-state index in [1.54, 1.807) is 0 Å². The Morgan fingerprint density at radius 1 is 1.29 bits per heavy atom. The highest BCUT2D eigenvalue weighted by Gasteiger charge is 2.18. The minimum absolute atomic E-state index is 0.173. The van der Waals surface area contributed by atoms with E-state index < -0.39 is 0 Å². The average molecular weight is 241 g/mol. The van der Waals surface area contributed by atoms with Gasteiger partial charge in [0, 0.05) is 32.2 Å². The molecule has 1 heterocycles. The molecule has 0 aromatic carbocycles. The van der Waals surface area contributed by atoms with Gasteiger partial charge in [-0.15, -0.1) is 0 Å². The Balaban J connectivity index is 2.27. The molecule has 0 bridgehead atoms. The van der Waals surface area contributed by atoms with Crippen molar-refractivity contribution >= 4 is 5.91 Å². The zero-order valence-electron chi connectivity index (χ0n) is 11.5. The lowest BCUT2D eigenvalue weighted by Crippen LogP contribution is -2.49. The van der Waals surface area contributed by atoms with Gasteiger partial charge in [0.25, 0.3) is 0 Å². The van der Waals surface area contributed by atoms with Crippen molar-refractivity contribution in [2.45, 2.75) is 39.7 Å². The van der Waals surface area contributed by atoms with Crippen LogP contribution in [-0.2, 0) is 4.79 Å². The molecule has 0 aromatic heterocycles. The molecular formula is C13H27N3O. The van der Waals surface area contributed by atoms with Gasteiger partial charge in [-0.25, -0.2) is 0 Å². The van der Waals surface area contributed by atoms with E-state index in [0.717, 1.165) is 39.0 Å². The first-order chi connectivity index (χ1) is 8.17. The Kier molecular flexibility index (Phi) is 6.52. The van der Waals surface area contributed by atoms with Gasteiger partial charge < -0.3 is 10.6 Å². The highest BCUT2D eigenvalue weighted by atomic mass is 16.2. The van der Waals surface area contributed by atoms with Crippen LogP contribution in [0.25, 0.3) is 0 Å². The Bertz CT molecular complexity index is 223. The summed E-state index contributed by atoms with van der Waals surface area (Å²) in [6.45, 7) is 11.0. The van der Waals surface area contributed by atoms with Crippen LogP contribution in [0.15, 0.2) is 0 Å². The molecule has 1 aliphatic rings. The molecule has 1 unspecified atom stereocenters. The average Bonchev–Trinajstić information content (AvgIpc) is 2.31. The SMILES string of the molecule is CCC(CC)C(C)NC(=O)CN1CCNCC1. The summed E-state index contributed by atoms with van der Waals surface area (Å²) in [6, 6.07) is 0.292. The third-order valence-corrected chi connectivity index (χ3v) is 3.72. The number of carbonyl (C=O) groups is 1. The van der Waals surface area contributed by atoms with Crippen LogP contribution >= 0.6 is 0 Å². The standard InChI is InChI=1S/C13H27N3O/c1-4-12(5-2)11(3)15-13(17)10-16-8-6-14-7-9-16/h11-12,14H,4-10H2,1-3H3,(H,15,17). The largest absolute Gasteiger partial charge is 0.352 e. The van der Waals surface area contributed by atoms with E-state index in [1.165, 1.54) is 0 Å². The van der Waals surface area contributed by atoms with E-state index in [-0.39, 0.29) is 5.91 Å². The number of amides is 1. The summed E-state index contributed by atoms with van der Waals surface area (Å²) in [5, 5.41) is 6.42. The summed E-state index contributed by atoms with van der Waals surface area (Å²) in [5.74, 6) is 0.772. The van der Waals surface area contributed by atoms with E-state index in [1.807, 2.05) is 0 Å². The van der Waals surface area contributed by atoms with Gasteiger partial charge in [0.1, 0.15) is 0 Å². The fraction of sp³-hybridized carbons (Fsp3) is 0.923. The molecule has 4 nitrogen and oxygen atoms in total. The maximum absolute atomic E-state index is 11.9. The number of hydrogen-bond acceptors (Lipinski definition) is 3. The first-order valence-electron chi connectivity index (χ1n) is 6.89. The van der Waals surface area contributed by atoms with Gasteiger partial charge in [0.05, 0.1) is 6.54 Å². The van der Waals surface area contributed by atoms with Crippen molar-refractivity contribution in [1.29, 1.82) is 0 Å². The van der Waals surface area contributed by atoms with Gasteiger partial charge >= 0.3 is 0 Å². The molecule has 1 atom stereocenters. The first-order valence-corrected chi connectivity index (χ1v) is 6.89. The molecular weight excluding hydrogens is 214 g/mol. The van der Waals surface area contributed by atoms with E-state index in [4.69, 9.17) is 0 Å². The molecule has 0 aromatic rings. The smallest absolute Gasteiger partial charge is 0.234 e. The number of nitrogens with zero attached hydrogens (tertiary/aromatic N) is 1. The van der Waals surface area contributed by atoms with Crippen molar-refractivity contribution in [1.82, 2.24) is 15.5 Å². The second-order valence-electron chi connectivity index (χ2n) is 4.96. The molecule has 0 radical (unpaired) electrons. The van der Waals surface area contributed by atoms with Gasteiger partial charge in [-0.3, -0.25) is 9.69 Å². The molecule has 1 amide bonds. The van der Waals surface area contributed by atoms with Crippen LogP contribution in [-0.4, -0.2) is 49.6 Å². The normalized spacial score (nSPS) is 19.3. The zero-order chi connectivity index (χ0) is 12.7. The third-order valence-electron chi connectivity index (χ3n) is 3.72. The molecule has 2 N–H and O–H groups in total. The van der Waals surface area contributed by atoms with Crippen molar-refractivity contribution in [3.8, 4) is 0 Å². The Morgan fingerprint density at radius 2 is 1.88 bits per heavy atom. The van der Waals surface area contributed by atoms with Crippen LogP contribution < -0.4 is 10.6 Å². The van der Waals surface area contributed by atoms with E-state index in [9.17, 15) is 4.79 Å². The third kappa shape index (κ3) is 5.04.